The van der Waals surface area contributed by atoms with Crippen molar-refractivity contribution < 1.29 is 4.74 Å². The second-order valence-electron chi connectivity index (χ2n) is 9.03. The quantitative estimate of drug-likeness (QED) is 0.386. The number of rotatable bonds is 6. The zero-order valence-electron chi connectivity index (χ0n) is 19.9. The molecule has 0 aliphatic carbocycles. The summed E-state index contributed by atoms with van der Waals surface area (Å²) in [5.74, 6) is 1.41. The standard InChI is InChI=1S/C26H28N8O/c1-3-21(18-12-17-6-4-5-7-22(17)27-13-18)30-26-24-23(15-29-34(24)20-8-10-35-11-9-20)31-25(32-26)19-14-28-33(2)16-19/h4-7,12-16,20-21H,3,8-11H2,1-2H3,(H,30,31,32)/t21-/m1/s1. The van der Waals surface area contributed by atoms with Crippen LogP contribution in [-0.4, -0.2) is 47.7 Å². The third-order valence-electron chi connectivity index (χ3n) is 6.68. The highest BCUT2D eigenvalue weighted by molar-refractivity contribution is 5.87. The Hall–Kier alpha value is -3.85. The molecule has 0 spiro atoms. The molecule has 1 aliphatic rings. The number of pyridine rings is 1. The Bertz CT molecular complexity index is 1480. The number of anilines is 1. The molecule has 0 amide bonds. The van der Waals surface area contributed by atoms with E-state index in [1.165, 1.54) is 0 Å². The molecule has 9 nitrogen and oxygen atoms in total. The number of fused-ring (bicyclic) bond motifs is 2. The van der Waals surface area contributed by atoms with Gasteiger partial charge in [-0.1, -0.05) is 25.1 Å². The number of ether oxygens (including phenoxy) is 1. The molecular formula is C26H28N8O. The Balaban J connectivity index is 1.45. The molecule has 1 fully saturated rings. The molecule has 4 aromatic heterocycles. The van der Waals surface area contributed by atoms with Crippen LogP contribution < -0.4 is 5.32 Å². The summed E-state index contributed by atoms with van der Waals surface area (Å²) in [7, 11) is 1.89. The maximum absolute atomic E-state index is 5.59. The lowest BCUT2D eigenvalue weighted by Crippen LogP contribution is -2.21. The number of para-hydroxylation sites is 1. The van der Waals surface area contributed by atoms with E-state index >= 15 is 0 Å². The second kappa shape index (κ2) is 9.07. The summed E-state index contributed by atoms with van der Waals surface area (Å²) in [4.78, 5) is 14.5. The number of hydrogen-bond acceptors (Lipinski definition) is 7. The number of nitrogens with one attached hydrogen (secondary N) is 1. The van der Waals surface area contributed by atoms with Gasteiger partial charge in [0.2, 0.25) is 0 Å². The molecule has 1 aliphatic heterocycles. The van der Waals surface area contributed by atoms with Crippen LogP contribution in [0.2, 0.25) is 0 Å². The summed E-state index contributed by atoms with van der Waals surface area (Å²) in [6.07, 6.45) is 10.2. The number of hydrogen-bond donors (Lipinski definition) is 1. The highest BCUT2D eigenvalue weighted by Crippen LogP contribution is 2.33. The van der Waals surface area contributed by atoms with Gasteiger partial charge in [-0.3, -0.25) is 14.3 Å². The molecule has 1 saturated heterocycles. The van der Waals surface area contributed by atoms with E-state index in [9.17, 15) is 0 Å². The minimum Gasteiger partial charge on any atom is -0.381 e. The topological polar surface area (TPSA) is 95.6 Å². The maximum Gasteiger partial charge on any atom is 0.165 e. The van der Waals surface area contributed by atoms with E-state index < -0.39 is 0 Å². The molecule has 5 aromatic rings. The zero-order valence-corrected chi connectivity index (χ0v) is 19.9. The van der Waals surface area contributed by atoms with Crippen LogP contribution >= 0.6 is 0 Å². The zero-order chi connectivity index (χ0) is 23.8. The third-order valence-corrected chi connectivity index (χ3v) is 6.68. The number of aryl methyl sites for hydroxylation is 1. The summed E-state index contributed by atoms with van der Waals surface area (Å²) < 4.78 is 9.43. The molecule has 0 bridgehead atoms. The lowest BCUT2D eigenvalue weighted by atomic mass is 10.0. The van der Waals surface area contributed by atoms with Gasteiger partial charge < -0.3 is 10.1 Å². The van der Waals surface area contributed by atoms with Gasteiger partial charge in [0, 0.05) is 38.0 Å². The smallest absolute Gasteiger partial charge is 0.165 e. The van der Waals surface area contributed by atoms with Crippen LogP contribution in [0.25, 0.3) is 33.3 Å². The Morgan fingerprint density at radius 1 is 1.06 bits per heavy atom. The van der Waals surface area contributed by atoms with Crippen LogP contribution in [0.5, 0.6) is 0 Å². The molecule has 35 heavy (non-hydrogen) atoms. The molecule has 178 valence electrons. The van der Waals surface area contributed by atoms with Crippen molar-refractivity contribution in [2.75, 3.05) is 18.5 Å². The summed E-state index contributed by atoms with van der Waals surface area (Å²) in [6.45, 7) is 3.65. The van der Waals surface area contributed by atoms with Crippen molar-refractivity contribution in [2.45, 2.75) is 38.3 Å². The second-order valence-corrected chi connectivity index (χ2v) is 9.03. The minimum atomic E-state index is 0.0324. The molecule has 1 N–H and O–H groups in total. The van der Waals surface area contributed by atoms with Crippen molar-refractivity contribution in [1.29, 1.82) is 0 Å². The monoisotopic (exact) mass is 468 g/mol. The summed E-state index contributed by atoms with van der Waals surface area (Å²) in [5, 5.41) is 13.9. The fraction of sp³-hybridized carbons (Fsp3) is 0.346. The van der Waals surface area contributed by atoms with Crippen molar-refractivity contribution in [2.24, 2.45) is 7.05 Å². The molecule has 9 heteroatoms. The van der Waals surface area contributed by atoms with Crippen LogP contribution in [0.15, 0.2) is 55.1 Å². The lowest BCUT2D eigenvalue weighted by Gasteiger charge is -2.24. The molecule has 1 aromatic carbocycles. The predicted octanol–water partition coefficient (Wildman–Crippen LogP) is 4.69. The van der Waals surface area contributed by atoms with Gasteiger partial charge in [0.1, 0.15) is 11.0 Å². The van der Waals surface area contributed by atoms with Gasteiger partial charge in [0.25, 0.3) is 0 Å². The van der Waals surface area contributed by atoms with E-state index in [0.29, 0.717) is 5.82 Å². The average Bonchev–Trinajstić information content (AvgIpc) is 3.54. The highest BCUT2D eigenvalue weighted by atomic mass is 16.5. The van der Waals surface area contributed by atoms with Gasteiger partial charge in [-0.25, -0.2) is 9.97 Å². The first kappa shape index (κ1) is 21.7. The first-order chi connectivity index (χ1) is 17.2. The van der Waals surface area contributed by atoms with Gasteiger partial charge in [-0.05, 0) is 37.0 Å². The highest BCUT2D eigenvalue weighted by Gasteiger charge is 2.24. The largest absolute Gasteiger partial charge is 0.381 e. The van der Waals surface area contributed by atoms with Crippen LogP contribution in [0.4, 0.5) is 5.82 Å². The van der Waals surface area contributed by atoms with Crippen LogP contribution in [0.3, 0.4) is 0 Å². The molecular weight excluding hydrogens is 440 g/mol. The average molecular weight is 469 g/mol. The molecule has 1 atom stereocenters. The Morgan fingerprint density at radius 2 is 1.91 bits per heavy atom. The minimum absolute atomic E-state index is 0.0324. The molecule has 0 saturated carbocycles. The van der Waals surface area contributed by atoms with E-state index in [4.69, 9.17) is 19.8 Å². The Labute approximate surface area is 203 Å². The van der Waals surface area contributed by atoms with Crippen molar-refractivity contribution in [3.8, 4) is 11.4 Å². The first-order valence-corrected chi connectivity index (χ1v) is 12.1. The number of aromatic nitrogens is 7. The van der Waals surface area contributed by atoms with Crippen molar-refractivity contribution >= 4 is 27.8 Å². The number of nitrogens with zero attached hydrogens (tertiary/aromatic N) is 7. The van der Waals surface area contributed by atoms with E-state index in [1.807, 2.05) is 43.8 Å². The van der Waals surface area contributed by atoms with Crippen molar-refractivity contribution in [1.82, 2.24) is 34.5 Å². The van der Waals surface area contributed by atoms with E-state index in [2.05, 4.69) is 39.1 Å². The number of benzene rings is 1. The summed E-state index contributed by atoms with van der Waals surface area (Å²) in [6, 6.07) is 10.7. The molecule has 6 rings (SSSR count). The van der Waals surface area contributed by atoms with Crippen molar-refractivity contribution in [3.05, 3.63) is 60.7 Å². The molecule has 0 radical (unpaired) electrons. The van der Waals surface area contributed by atoms with Crippen molar-refractivity contribution in [3.63, 3.8) is 0 Å². The van der Waals surface area contributed by atoms with E-state index in [-0.39, 0.29) is 12.1 Å². The van der Waals surface area contributed by atoms with Gasteiger partial charge in [0.05, 0.1) is 35.6 Å². The SMILES string of the molecule is CC[C@@H](Nc1nc(-c2cnn(C)c2)nc2cnn(C3CCOCC3)c12)c1cnc2ccccc2c1. The normalized spacial score (nSPS) is 15.6. The van der Waals surface area contributed by atoms with Crippen LogP contribution in [-0.2, 0) is 11.8 Å². The van der Waals surface area contributed by atoms with Gasteiger partial charge in [-0.2, -0.15) is 10.2 Å². The Kier molecular flexibility index (Phi) is 5.61. The maximum atomic E-state index is 5.59. The summed E-state index contributed by atoms with van der Waals surface area (Å²) >= 11 is 0. The van der Waals surface area contributed by atoms with Gasteiger partial charge in [-0.15, -0.1) is 0 Å². The third kappa shape index (κ3) is 4.12. The fourth-order valence-electron chi connectivity index (χ4n) is 4.80. The van der Waals surface area contributed by atoms with E-state index in [1.54, 1.807) is 10.9 Å². The lowest BCUT2D eigenvalue weighted by molar-refractivity contribution is 0.0675. The van der Waals surface area contributed by atoms with Gasteiger partial charge in [0.15, 0.2) is 11.6 Å². The fourth-order valence-corrected chi connectivity index (χ4v) is 4.80. The van der Waals surface area contributed by atoms with Crippen LogP contribution in [0, 0.1) is 0 Å². The Morgan fingerprint density at radius 3 is 2.71 bits per heavy atom. The summed E-state index contributed by atoms with van der Waals surface area (Å²) in [5.41, 5.74) is 4.73. The molecule has 5 heterocycles. The van der Waals surface area contributed by atoms with Crippen LogP contribution in [0.1, 0.15) is 43.8 Å². The predicted molar refractivity (Wildman–Crippen MR) is 135 cm³/mol. The van der Waals surface area contributed by atoms with E-state index in [0.717, 1.165) is 71.4 Å². The first-order valence-electron chi connectivity index (χ1n) is 12.1. The molecule has 0 unspecified atom stereocenters. The van der Waals surface area contributed by atoms with Gasteiger partial charge >= 0.3 is 0 Å².